The number of aromatic nitrogens is 1. The van der Waals surface area contributed by atoms with Crippen LogP contribution in [0.4, 0.5) is 0 Å². The summed E-state index contributed by atoms with van der Waals surface area (Å²) in [6.07, 6.45) is 7.48. The van der Waals surface area contributed by atoms with Gasteiger partial charge in [0.2, 0.25) is 0 Å². The number of rotatable bonds is 5. The second-order valence-electron chi connectivity index (χ2n) is 8.87. The molecule has 2 saturated heterocycles. The molecular formula is C22H34N4O3. The first-order chi connectivity index (χ1) is 14.0. The normalized spacial score (nSPS) is 24.3. The fraction of sp³-hybridized carbons (Fsp3) is 0.682. The maximum absolute atomic E-state index is 13.1. The van der Waals surface area contributed by atoms with Crippen molar-refractivity contribution in [2.45, 2.75) is 31.9 Å². The van der Waals surface area contributed by atoms with E-state index in [0.717, 1.165) is 57.2 Å². The van der Waals surface area contributed by atoms with Crippen molar-refractivity contribution in [1.82, 2.24) is 19.7 Å². The molecule has 0 spiro atoms. The molecule has 160 valence electrons. The molecule has 1 atom stereocenters. The van der Waals surface area contributed by atoms with E-state index in [1.807, 2.05) is 18.0 Å². The molecule has 2 N–H and O–H groups in total. The van der Waals surface area contributed by atoms with Gasteiger partial charge in [-0.1, -0.05) is 0 Å². The topological polar surface area (TPSA) is 72.0 Å². The van der Waals surface area contributed by atoms with Crippen molar-refractivity contribution in [1.29, 1.82) is 0 Å². The van der Waals surface area contributed by atoms with E-state index in [-0.39, 0.29) is 5.91 Å². The molecule has 1 aromatic heterocycles. The van der Waals surface area contributed by atoms with Gasteiger partial charge in [-0.2, -0.15) is 0 Å². The van der Waals surface area contributed by atoms with E-state index in [0.29, 0.717) is 17.2 Å². The Morgan fingerprint density at radius 3 is 2.69 bits per heavy atom. The number of aliphatic hydroxyl groups is 1. The summed E-state index contributed by atoms with van der Waals surface area (Å²) >= 11 is 0. The van der Waals surface area contributed by atoms with E-state index in [9.17, 15) is 9.90 Å². The van der Waals surface area contributed by atoms with E-state index < -0.39 is 6.23 Å². The van der Waals surface area contributed by atoms with Crippen molar-refractivity contribution in [2.75, 3.05) is 53.5 Å². The fourth-order valence-electron chi connectivity index (χ4n) is 4.87. The van der Waals surface area contributed by atoms with Gasteiger partial charge in [-0.15, -0.1) is 0 Å². The minimum Gasteiger partial charge on any atom is -0.381 e. The molecule has 3 aliphatic heterocycles. The average molecular weight is 403 g/mol. The largest absolute Gasteiger partial charge is 0.381 e. The van der Waals surface area contributed by atoms with Gasteiger partial charge in [0, 0.05) is 58.4 Å². The van der Waals surface area contributed by atoms with Crippen LogP contribution in [0.2, 0.25) is 0 Å². The molecule has 7 nitrogen and oxygen atoms in total. The van der Waals surface area contributed by atoms with Gasteiger partial charge >= 0.3 is 0 Å². The quantitative estimate of drug-likeness (QED) is 0.787. The van der Waals surface area contributed by atoms with Crippen LogP contribution in [0.3, 0.4) is 0 Å². The van der Waals surface area contributed by atoms with E-state index in [4.69, 9.17) is 4.74 Å². The number of amides is 1. The van der Waals surface area contributed by atoms with Crippen molar-refractivity contribution in [2.24, 2.45) is 11.8 Å². The summed E-state index contributed by atoms with van der Waals surface area (Å²) in [6.45, 7) is 6.07. The summed E-state index contributed by atoms with van der Waals surface area (Å²) in [5.41, 5.74) is 2.14. The van der Waals surface area contributed by atoms with E-state index in [1.54, 1.807) is 24.3 Å². The van der Waals surface area contributed by atoms with Gasteiger partial charge in [0.1, 0.15) is 0 Å². The molecule has 3 aliphatic rings. The monoisotopic (exact) mass is 402 g/mol. The molecule has 1 aromatic rings. The third-order valence-electron chi connectivity index (χ3n) is 6.72. The summed E-state index contributed by atoms with van der Waals surface area (Å²) < 4.78 is 5.47. The highest BCUT2D eigenvalue weighted by molar-refractivity contribution is 6.19. The summed E-state index contributed by atoms with van der Waals surface area (Å²) in [5.74, 6) is 1.35. The molecule has 0 aliphatic carbocycles. The number of carbonyl (C=O) groups excluding carboxylic acids is 1. The first-order valence-electron chi connectivity index (χ1n) is 10.9. The fourth-order valence-corrected chi connectivity index (χ4v) is 4.87. The average Bonchev–Trinajstić information content (AvgIpc) is 3.22. The summed E-state index contributed by atoms with van der Waals surface area (Å²) in [5, 5.41) is 10.3. The van der Waals surface area contributed by atoms with Gasteiger partial charge < -0.3 is 29.5 Å². The van der Waals surface area contributed by atoms with Crippen LogP contribution in [0.1, 0.15) is 43.2 Å². The standard InChI is InChI=1S/C22H34N4O3/c1-24(21(27)19-15-25(2)22(28)20-18(19)3-8-23-20)13-16-4-9-26(10-5-16)14-17-6-11-29-12-7-17/h3,8,15-17,22-23,28H,4-7,9-14H2,1-2H3. The van der Waals surface area contributed by atoms with Crippen LogP contribution in [0.5, 0.6) is 0 Å². The Morgan fingerprint density at radius 2 is 1.97 bits per heavy atom. The highest BCUT2D eigenvalue weighted by Crippen LogP contribution is 2.32. The Kier molecular flexibility index (Phi) is 6.27. The lowest BCUT2D eigenvalue weighted by Crippen LogP contribution is -2.42. The third-order valence-corrected chi connectivity index (χ3v) is 6.72. The van der Waals surface area contributed by atoms with Gasteiger partial charge in [0.05, 0.1) is 11.3 Å². The highest BCUT2D eigenvalue weighted by atomic mass is 16.5. The van der Waals surface area contributed by atoms with E-state index in [1.165, 1.54) is 19.4 Å². The number of aromatic amines is 1. The molecule has 29 heavy (non-hydrogen) atoms. The predicted octanol–water partition coefficient (Wildman–Crippen LogP) is 1.89. The number of likely N-dealkylation sites (N-methyl/N-ethyl adjacent to an activating group) is 1. The minimum absolute atomic E-state index is 0.0224. The zero-order valence-electron chi connectivity index (χ0n) is 17.6. The number of H-pyrrole nitrogens is 1. The Bertz CT molecular complexity index is 732. The van der Waals surface area contributed by atoms with Crippen LogP contribution in [-0.2, 0) is 9.53 Å². The van der Waals surface area contributed by atoms with Gasteiger partial charge in [-0.25, -0.2) is 0 Å². The SMILES string of the molecule is CN(CC1CCN(CC2CCOCC2)CC1)C(=O)C1=CN(C)C(O)c2[nH]ccc21. The van der Waals surface area contributed by atoms with Gasteiger partial charge in [0.25, 0.3) is 5.91 Å². The maximum Gasteiger partial charge on any atom is 0.255 e. The first-order valence-corrected chi connectivity index (χ1v) is 10.9. The lowest BCUT2D eigenvalue weighted by molar-refractivity contribution is -0.124. The molecule has 4 rings (SSSR count). The van der Waals surface area contributed by atoms with Crippen molar-refractivity contribution in [3.05, 3.63) is 29.7 Å². The van der Waals surface area contributed by atoms with Crippen LogP contribution >= 0.6 is 0 Å². The van der Waals surface area contributed by atoms with Gasteiger partial charge in [-0.3, -0.25) is 4.79 Å². The number of likely N-dealkylation sites (tertiary alicyclic amines) is 1. The molecule has 4 heterocycles. The third kappa shape index (κ3) is 4.52. The highest BCUT2D eigenvalue weighted by Gasteiger charge is 2.31. The van der Waals surface area contributed by atoms with Gasteiger partial charge in [0.15, 0.2) is 6.23 Å². The Balaban J connectivity index is 1.29. The second kappa shape index (κ2) is 8.90. The molecular weight excluding hydrogens is 368 g/mol. The Morgan fingerprint density at radius 1 is 1.24 bits per heavy atom. The number of nitrogens with one attached hydrogen (secondary N) is 1. The smallest absolute Gasteiger partial charge is 0.255 e. The van der Waals surface area contributed by atoms with Crippen molar-refractivity contribution < 1.29 is 14.6 Å². The zero-order chi connectivity index (χ0) is 20.4. The van der Waals surface area contributed by atoms with E-state index >= 15 is 0 Å². The molecule has 7 heteroatoms. The number of fused-ring (bicyclic) bond motifs is 1. The molecule has 0 radical (unpaired) electrons. The van der Waals surface area contributed by atoms with Crippen molar-refractivity contribution >= 4 is 11.5 Å². The molecule has 2 fully saturated rings. The molecule has 1 amide bonds. The lowest BCUT2D eigenvalue weighted by atomic mass is 9.93. The van der Waals surface area contributed by atoms with Crippen LogP contribution in [-0.4, -0.2) is 84.2 Å². The molecule has 0 bridgehead atoms. The molecule has 0 aromatic carbocycles. The first kappa shape index (κ1) is 20.4. The number of nitrogens with zero attached hydrogens (tertiary/aromatic N) is 3. The Labute approximate surface area is 173 Å². The van der Waals surface area contributed by atoms with Gasteiger partial charge in [-0.05, 0) is 56.7 Å². The summed E-state index contributed by atoms with van der Waals surface area (Å²) in [6, 6.07) is 1.87. The van der Waals surface area contributed by atoms with Crippen molar-refractivity contribution in [3.63, 3.8) is 0 Å². The second-order valence-corrected chi connectivity index (χ2v) is 8.87. The number of piperidine rings is 1. The van der Waals surface area contributed by atoms with E-state index in [2.05, 4.69) is 9.88 Å². The van der Waals surface area contributed by atoms with Crippen molar-refractivity contribution in [3.8, 4) is 0 Å². The van der Waals surface area contributed by atoms with Crippen LogP contribution in [0.25, 0.3) is 5.57 Å². The summed E-state index contributed by atoms with van der Waals surface area (Å²) in [4.78, 5) is 22.3. The number of carbonyl (C=O) groups is 1. The van der Waals surface area contributed by atoms with Crippen LogP contribution in [0.15, 0.2) is 18.5 Å². The molecule has 1 unspecified atom stereocenters. The zero-order valence-corrected chi connectivity index (χ0v) is 17.6. The predicted molar refractivity (Wildman–Crippen MR) is 112 cm³/mol. The maximum atomic E-state index is 13.1. The van der Waals surface area contributed by atoms with Crippen LogP contribution in [0, 0.1) is 11.8 Å². The number of hydrogen-bond acceptors (Lipinski definition) is 5. The number of ether oxygens (including phenoxy) is 1. The number of aliphatic hydroxyl groups excluding tert-OH is 1. The number of hydrogen-bond donors (Lipinski definition) is 2. The molecule has 0 saturated carbocycles. The lowest BCUT2D eigenvalue weighted by Gasteiger charge is -2.37. The summed E-state index contributed by atoms with van der Waals surface area (Å²) in [7, 11) is 3.69. The minimum atomic E-state index is -0.734. The Hall–Kier alpha value is -1.83. The van der Waals surface area contributed by atoms with Crippen LogP contribution < -0.4 is 0 Å².